The van der Waals surface area contributed by atoms with Crippen molar-refractivity contribution in [2.24, 2.45) is 0 Å². The van der Waals surface area contributed by atoms with E-state index in [1.54, 1.807) is 30.0 Å². The maximum absolute atomic E-state index is 13.1. The van der Waals surface area contributed by atoms with Crippen LogP contribution >= 0.6 is 11.8 Å². The topological polar surface area (TPSA) is 83.1 Å². The number of hydrogen-bond acceptors (Lipinski definition) is 7. The van der Waals surface area contributed by atoms with Crippen molar-refractivity contribution in [1.82, 2.24) is 0 Å². The first kappa shape index (κ1) is 25.0. The Morgan fingerprint density at radius 2 is 1.59 bits per heavy atom. The zero-order valence-corrected chi connectivity index (χ0v) is 20.4. The molecule has 0 heterocycles. The number of anilines is 1. The predicted octanol–water partition coefficient (Wildman–Crippen LogP) is 5.43. The summed E-state index contributed by atoms with van der Waals surface area (Å²) in [6.45, 7) is 2.43. The normalized spacial score (nSPS) is 10.4. The first-order valence-electron chi connectivity index (χ1n) is 10.6. The van der Waals surface area contributed by atoms with Gasteiger partial charge in [-0.3, -0.25) is 4.79 Å². The van der Waals surface area contributed by atoms with Crippen LogP contribution < -0.4 is 19.5 Å². The zero-order chi connectivity index (χ0) is 24.5. The highest BCUT2D eigenvalue weighted by molar-refractivity contribution is 7.98. The van der Waals surface area contributed by atoms with Gasteiger partial charge in [0.2, 0.25) is 0 Å². The van der Waals surface area contributed by atoms with E-state index < -0.39 is 5.97 Å². The monoisotopic (exact) mass is 481 g/mol. The smallest absolute Gasteiger partial charge is 0.340 e. The summed E-state index contributed by atoms with van der Waals surface area (Å²) in [4.78, 5) is 26.6. The maximum atomic E-state index is 13.1. The van der Waals surface area contributed by atoms with Gasteiger partial charge in [0.25, 0.3) is 5.91 Å². The van der Waals surface area contributed by atoms with Gasteiger partial charge in [0.05, 0.1) is 39.2 Å². The highest BCUT2D eigenvalue weighted by Crippen LogP contribution is 2.34. The molecule has 0 aliphatic heterocycles. The number of methoxy groups -OCH3 is 3. The summed E-state index contributed by atoms with van der Waals surface area (Å²) in [6.07, 6.45) is 0. The van der Waals surface area contributed by atoms with Crippen LogP contribution in [-0.4, -0.2) is 39.8 Å². The number of carbonyl (C=O) groups excluding carboxylic acids is 2. The molecule has 8 heteroatoms. The van der Waals surface area contributed by atoms with Gasteiger partial charge in [-0.25, -0.2) is 4.79 Å². The van der Waals surface area contributed by atoms with Crippen molar-refractivity contribution in [3.63, 3.8) is 0 Å². The van der Waals surface area contributed by atoms with Crippen LogP contribution in [0.4, 0.5) is 5.69 Å². The fourth-order valence-corrected chi connectivity index (χ4v) is 4.16. The lowest BCUT2D eigenvalue weighted by atomic mass is 10.1. The van der Waals surface area contributed by atoms with Gasteiger partial charge in [-0.15, -0.1) is 11.8 Å². The van der Waals surface area contributed by atoms with E-state index >= 15 is 0 Å². The Balaban J connectivity index is 1.90. The number of benzene rings is 3. The molecule has 0 saturated heterocycles. The third-order valence-corrected chi connectivity index (χ3v) is 6.00. The molecule has 0 spiro atoms. The van der Waals surface area contributed by atoms with E-state index in [0.29, 0.717) is 29.4 Å². The van der Waals surface area contributed by atoms with Crippen molar-refractivity contribution in [3.05, 3.63) is 77.4 Å². The molecule has 3 aromatic carbocycles. The van der Waals surface area contributed by atoms with Crippen molar-refractivity contribution in [3.8, 4) is 17.2 Å². The summed E-state index contributed by atoms with van der Waals surface area (Å²) >= 11 is 1.65. The lowest BCUT2D eigenvalue weighted by molar-refractivity contribution is 0.0601. The molecule has 0 aliphatic rings. The van der Waals surface area contributed by atoms with Gasteiger partial charge in [0, 0.05) is 33.9 Å². The van der Waals surface area contributed by atoms with E-state index in [1.807, 2.05) is 37.3 Å². The number of ether oxygens (including phenoxy) is 4. The Bertz CT molecular complexity index is 1150. The largest absolute Gasteiger partial charge is 0.494 e. The van der Waals surface area contributed by atoms with Crippen molar-refractivity contribution < 1.29 is 28.5 Å². The van der Waals surface area contributed by atoms with Gasteiger partial charge in [-0.2, -0.15) is 0 Å². The van der Waals surface area contributed by atoms with Crippen molar-refractivity contribution in [2.45, 2.75) is 17.6 Å². The molecular weight excluding hydrogens is 454 g/mol. The molecule has 1 amide bonds. The first-order valence-corrected chi connectivity index (χ1v) is 11.6. The van der Waals surface area contributed by atoms with Crippen LogP contribution in [0.3, 0.4) is 0 Å². The summed E-state index contributed by atoms with van der Waals surface area (Å²) in [5.74, 6) is 1.09. The molecule has 0 saturated carbocycles. The Morgan fingerprint density at radius 3 is 2.24 bits per heavy atom. The van der Waals surface area contributed by atoms with Crippen molar-refractivity contribution in [2.75, 3.05) is 33.3 Å². The summed E-state index contributed by atoms with van der Waals surface area (Å²) in [5.41, 5.74) is 1.73. The molecule has 178 valence electrons. The summed E-state index contributed by atoms with van der Waals surface area (Å²) in [7, 11) is 4.21. The number of carbonyl (C=O) groups is 2. The molecule has 1 N–H and O–H groups in total. The minimum atomic E-state index is -0.608. The number of hydrogen-bond donors (Lipinski definition) is 1. The molecule has 0 bridgehead atoms. The van der Waals surface area contributed by atoms with Crippen LogP contribution in [0.25, 0.3) is 0 Å². The molecule has 0 aromatic heterocycles. The van der Waals surface area contributed by atoms with E-state index in [1.165, 1.54) is 33.5 Å². The standard InChI is InChI=1S/C26H27NO6S/c1-5-33-22-12-11-17(13-18(22)16-34-19-9-7-6-8-10-19)25(28)27-21-15-24(31-3)23(30-2)14-20(21)26(29)32-4/h6-15H,5,16H2,1-4H3,(H,27,28). The molecule has 3 rings (SSSR count). The first-order chi connectivity index (χ1) is 16.5. The lowest BCUT2D eigenvalue weighted by Gasteiger charge is -2.16. The van der Waals surface area contributed by atoms with Crippen LogP contribution in [0.15, 0.2) is 65.6 Å². The number of nitrogens with one attached hydrogen (secondary N) is 1. The van der Waals surface area contributed by atoms with Gasteiger partial charge in [-0.05, 0) is 37.3 Å². The molecule has 0 fully saturated rings. The second-order valence-electron chi connectivity index (χ2n) is 7.06. The van der Waals surface area contributed by atoms with E-state index in [4.69, 9.17) is 18.9 Å². The average Bonchev–Trinajstić information content (AvgIpc) is 2.88. The zero-order valence-electron chi connectivity index (χ0n) is 19.5. The Labute approximate surface area is 203 Å². The molecule has 0 unspecified atom stereocenters. The average molecular weight is 482 g/mol. The van der Waals surface area contributed by atoms with Crippen LogP contribution in [-0.2, 0) is 10.5 Å². The van der Waals surface area contributed by atoms with E-state index in [2.05, 4.69) is 5.32 Å². The Morgan fingerprint density at radius 1 is 0.882 bits per heavy atom. The molecule has 3 aromatic rings. The Hall–Kier alpha value is -3.65. The molecule has 0 atom stereocenters. The van der Waals surface area contributed by atoms with Crippen LogP contribution in [0, 0.1) is 0 Å². The molecule has 0 radical (unpaired) electrons. The fourth-order valence-electron chi connectivity index (χ4n) is 3.26. The van der Waals surface area contributed by atoms with Crippen LogP contribution in [0.1, 0.15) is 33.2 Å². The second-order valence-corrected chi connectivity index (χ2v) is 8.10. The Kier molecular flexibility index (Phi) is 8.81. The highest BCUT2D eigenvalue weighted by Gasteiger charge is 2.20. The number of thioether (sulfide) groups is 1. The van der Waals surface area contributed by atoms with Crippen LogP contribution in [0.5, 0.6) is 17.2 Å². The van der Waals surface area contributed by atoms with Gasteiger partial charge < -0.3 is 24.3 Å². The van der Waals surface area contributed by atoms with E-state index in [-0.39, 0.29) is 17.2 Å². The molecule has 7 nitrogen and oxygen atoms in total. The third-order valence-electron chi connectivity index (χ3n) is 4.94. The van der Waals surface area contributed by atoms with Gasteiger partial charge >= 0.3 is 5.97 Å². The second kappa shape index (κ2) is 12.0. The lowest BCUT2D eigenvalue weighted by Crippen LogP contribution is -2.16. The van der Waals surface area contributed by atoms with Crippen molar-refractivity contribution in [1.29, 1.82) is 0 Å². The van der Waals surface area contributed by atoms with Crippen molar-refractivity contribution >= 4 is 29.3 Å². The molecule has 34 heavy (non-hydrogen) atoms. The van der Waals surface area contributed by atoms with Gasteiger partial charge in [0.15, 0.2) is 11.5 Å². The maximum Gasteiger partial charge on any atom is 0.340 e. The van der Waals surface area contributed by atoms with E-state index in [0.717, 1.165) is 16.2 Å². The van der Waals surface area contributed by atoms with Crippen LogP contribution in [0.2, 0.25) is 0 Å². The van der Waals surface area contributed by atoms with Gasteiger partial charge in [0.1, 0.15) is 5.75 Å². The van der Waals surface area contributed by atoms with Gasteiger partial charge in [-0.1, -0.05) is 18.2 Å². The summed E-state index contributed by atoms with van der Waals surface area (Å²) < 4.78 is 21.2. The summed E-state index contributed by atoms with van der Waals surface area (Å²) in [6, 6.07) is 18.3. The number of esters is 1. The summed E-state index contributed by atoms with van der Waals surface area (Å²) in [5, 5.41) is 2.80. The number of amides is 1. The predicted molar refractivity (Wildman–Crippen MR) is 132 cm³/mol. The minimum Gasteiger partial charge on any atom is -0.494 e. The highest BCUT2D eigenvalue weighted by atomic mass is 32.2. The quantitative estimate of drug-likeness (QED) is 0.305. The minimum absolute atomic E-state index is 0.152. The SMILES string of the molecule is CCOc1ccc(C(=O)Nc2cc(OC)c(OC)cc2C(=O)OC)cc1CSc1ccccc1. The van der Waals surface area contributed by atoms with E-state index in [9.17, 15) is 9.59 Å². The molecule has 0 aliphatic carbocycles. The molecular formula is C26H27NO6S. The fraction of sp³-hybridized carbons (Fsp3) is 0.231. The third kappa shape index (κ3) is 6.02. The number of rotatable bonds is 10.